The average molecular weight is 270 g/mol. The van der Waals surface area contributed by atoms with E-state index in [4.69, 9.17) is 0 Å². The van der Waals surface area contributed by atoms with E-state index in [1.165, 1.54) is 28.0 Å². The number of halogens is 2. The molecule has 102 valence electrons. The molecule has 1 aromatic carbocycles. The molecule has 1 heterocycles. The van der Waals surface area contributed by atoms with Crippen LogP contribution in [0.3, 0.4) is 0 Å². The van der Waals surface area contributed by atoms with Crippen molar-refractivity contribution in [2.45, 2.75) is 6.61 Å². The third-order valence-electron chi connectivity index (χ3n) is 2.87. The predicted molar refractivity (Wildman–Crippen MR) is 63.8 cm³/mol. The molecule has 1 saturated heterocycles. The summed E-state index contributed by atoms with van der Waals surface area (Å²) in [5.41, 5.74) is 0.444. The van der Waals surface area contributed by atoms with Gasteiger partial charge in [0, 0.05) is 31.9 Å². The SMILES string of the molecule is CN1CCN(c2ccc(C=O)c(OC(F)F)c2)C1=O. The van der Waals surface area contributed by atoms with Crippen LogP contribution >= 0.6 is 0 Å². The number of aldehydes is 1. The molecule has 1 aliphatic heterocycles. The number of ether oxygens (including phenoxy) is 1. The summed E-state index contributed by atoms with van der Waals surface area (Å²) >= 11 is 0. The molecule has 1 aromatic rings. The summed E-state index contributed by atoms with van der Waals surface area (Å²) in [6, 6.07) is 3.93. The fourth-order valence-corrected chi connectivity index (χ4v) is 1.87. The molecule has 0 saturated carbocycles. The summed E-state index contributed by atoms with van der Waals surface area (Å²) in [6.07, 6.45) is 0.430. The van der Waals surface area contributed by atoms with Crippen LogP contribution < -0.4 is 9.64 Å². The molecule has 0 aliphatic carbocycles. The van der Waals surface area contributed by atoms with Gasteiger partial charge in [-0.15, -0.1) is 0 Å². The van der Waals surface area contributed by atoms with E-state index in [1.807, 2.05) is 0 Å². The van der Waals surface area contributed by atoms with Gasteiger partial charge in [0.15, 0.2) is 6.29 Å². The van der Waals surface area contributed by atoms with Crippen LogP contribution in [0.15, 0.2) is 18.2 Å². The predicted octanol–water partition coefficient (Wildman–Crippen LogP) is 1.97. The maximum atomic E-state index is 12.3. The molecular weight excluding hydrogens is 258 g/mol. The number of urea groups is 1. The number of likely N-dealkylation sites (N-methyl/N-ethyl adjacent to an activating group) is 1. The number of nitrogens with zero attached hydrogens (tertiary/aromatic N) is 2. The molecule has 0 unspecified atom stereocenters. The number of carbonyl (C=O) groups is 2. The molecule has 5 nitrogen and oxygen atoms in total. The van der Waals surface area contributed by atoms with Crippen LogP contribution in [0.2, 0.25) is 0 Å². The zero-order valence-corrected chi connectivity index (χ0v) is 10.2. The van der Waals surface area contributed by atoms with Gasteiger partial charge >= 0.3 is 12.6 Å². The minimum absolute atomic E-state index is 0.0176. The lowest BCUT2D eigenvalue weighted by atomic mass is 10.2. The van der Waals surface area contributed by atoms with Crippen molar-refractivity contribution in [3.63, 3.8) is 0 Å². The molecule has 0 bridgehead atoms. The van der Waals surface area contributed by atoms with E-state index in [0.717, 1.165) is 0 Å². The zero-order valence-electron chi connectivity index (χ0n) is 10.2. The highest BCUT2D eigenvalue weighted by molar-refractivity contribution is 5.94. The van der Waals surface area contributed by atoms with Crippen LogP contribution in [0.1, 0.15) is 10.4 Å². The normalized spacial score (nSPS) is 15.3. The van der Waals surface area contributed by atoms with Crippen molar-refractivity contribution in [1.29, 1.82) is 0 Å². The van der Waals surface area contributed by atoms with Crippen molar-refractivity contribution in [3.05, 3.63) is 23.8 Å². The van der Waals surface area contributed by atoms with Gasteiger partial charge in [-0.05, 0) is 12.1 Å². The highest BCUT2D eigenvalue weighted by Gasteiger charge is 2.27. The molecule has 2 amide bonds. The molecule has 0 N–H and O–H groups in total. The molecule has 1 aliphatic rings. The van der Waals surface area contributed by atoms with Crippen molar-refractivity contribution in [2.24, 2.45) is 0 Å². The van der Waals surface area contributed by atoms with Crippen LogP contribution in [-0.2, 0) is 0 Å². The van der Waals surface area contributed by atoms with E-state index in [9.17, 15) is 18.4 Å². The van der Waals surface area contributed by atoms with Gasteiger partial charge in [-0.3, -0.25) is 9.69 Å². The summed E-state index contributed by atoms with van der Waals surface area (Å²) in [5, 5.41) is 0. The summed E-state index contributed by atoms with van der Waals surface area (Å²) in [6.45, 7) is -2.01. The number of carbonyl (C=O) groups excluding carboxylic acids is 2. The fraction of sp³-hybridized carbons (Fsp3) is 0.333. The van der Waals surface area contributed by atoms with Gasteiger partial charge in [0.1, 0.15) is 5.75 Å². The van der Waals surface area contributed by atoms with Gasteiger partial charge in [0.25, 0.3) is 0 Å². The maximum absolute atomic E-state index is 12.3. The number of hydrogen-bond donors (Lipinski definition) is 0. The van der Waals surface area contributed by atoms with E-state index in [0.29, 0.717) is 25.1 Å². The first kappa shape index (κ1) is 13.3. The van der Waals surface area contributed by atoms with Crippen LogP contribution in [0.4, 0.5) is 19.3 Å². The highest BCUT2D eigenvalue weighted by atomic mass is 19.3. The standard InChI is InChI=1S/C12H12F2N2O3/c1-15-4-5-16(12(15)18)9-3-2-8(7-17)10(6-9)19-11(13)14/h2-3,6-7,11H,4-5H2,1H3. The topological polar surface area (TPSA) is 49.9 Å². The van der Waals surface area contributed by atoms with E-state index in [2.05, 4.69) is 4.74 Å². The van der Waals surface area contributed by atoms with Gasteiger partial charge in [0.05, 0.1) is 5.56 Å². The van der Waals surface area contributed by atoms with E-state index >= 15 is 0 Å². The quantitative estimate of drug-likeness (QED) is 0.786. The molecule has 0 radical (unpaired) electrons. The smallest absolute Gasteiger partial charge is 0.387 e. The Kier molecular flexibility index (Phi) is 3.64. The average Bonchev–Trinajstić information content (AvgIpc) is 2.69. The van der Waals surface area contributed by atoms with E-state index < -0.39 is 6.61 Å². The lowest BCUT2D eigenvalue weighted by Gasteiger charge is -2.17. The van der Waals surface area contributed by atoms with Crippen molar-refractivity contribution in [2.75, 3.05) is 25.0 Å². The maximum Gasteiger partial charge on any atom is 0.387 e. The second kappa shape index (κ2) is 5.21. The Bertz CT molecular complexity index is 508. The Morgan fingerprint density at radius 2 is 2.11 bits per heavy atom. The van der Waals surface area contributed by atoms with Gasteiger partial charge in [-0.2, -0.15) is 8.78 Å². The molecular formula is C12H12F2N2O3. The van der Waals surface area contributed by atoms with Crippen molar-refractivity contribution in [1.82, 2.24) is 4.90 Å². The summed E-state index contributed by atoms with van der Waals surface area (Å²) < 4.78 is 28.8. The monoisotopic (exact) mass is 270 g/mol. The number of rotatable bonds is 4. The van der Waals surface area contributed by atoms with Crippen LogP contribution in [0, 0.1) is 0 Å². The molecule has 19 heavy (non-hydrogen) atoms. The second-order valence-corrected chi connectivity index (χ2v) is 4.07. The summed E-state index contributed by atoms with van der Waals surface area (Å²) in [4.78, 5) is 25.5. The number of anilines is 1. The summed E-state index contributed by atoms with van der Waals surface area (Å²) in [5.74, 6) is -0.232. The Hall–Kier alpha value is -2.18. The molecule has 2 rings (SSSR count). The first-order valence-corrected chi connectivity index (χ1v) is 5.59. The summed E-state index contributed by atoms with van der Waals surface area (Å²) in [7, 11) is 1.65. The number of hydrogen-bond acceptors (Lipinski definition) is 3. The first-order chi connectivity index (χ1) is 9.02. The molecule has 7 heteroatoms. The first-order valence-electron chi connectivity index (χ1n) is 5.59. The molecule has 0 atom stereocenters. The number of amides is 2. The van der Waals surface area contributed by atoms with Gasteiger partial charge in [0.2, 0.25) is 0 Å². The van der Waals surface area contributed by atoms with Crippen LogP contribution in [0.25, 0.3) is 0 Å². The highest BCUT2D eigenvalue weighted by Crippen LogP contribution is 2.28. The van der Waals surface area contributed by atoms with Crippen molar-refractivity contribution >= 4 is 18.0 Å². The van der Waals surface area contributed by atoms with Crippen LogP contribution in [0.5, 0.6) is 5.75 Å². The minimum atomic E-state index is -3.02. The van der Waals surface area contributed by atoms with Gasteiger partial charge in [-0.25, -0.2) is 4.79 Å². The van der Waals surface area contributed by atoms with Gasteiger partial charge in [-0.1, -0.05) is 0 Å². The Morgan fingerprint density at radius 3 is 2.63 bits per heavy atom. The van der Waals surface area contributed by atoms with Gasteiger partial charge < -0.3 is 9.64 Å². The Morgan fingerprint density at radius 1 is 1.37 bits per heavy atom. The lowest BCUT2D eigenvalue weighted by molar-refractivity contribution is -0.0500. The van der Waals surface area contributed by atoms with E-state index in [1.54, 1.807) is 7.05 Å². The third kappa shape index (κ3) is 2.64. The lowest BCUT2D eigenvalue weighted by Crippen LogP contribution is -2.29. The Labute approximate surface area is 108 Å². The largest absolute Gasteiger partial charge is 0.434 e. The number of benzene rings is 1. The van der Waals surface area contributed by atoms with Crippen LogP contribution in [-0.4, -0.2) is 44.0 Å². The van der Waals surface area contributed by atoms with E-state index in [-0.39, 0.29) is 17.3 Å². The van der Waals surface area contributed by atoms with Crippen molar-refractivity contribution < 1.29 is 23.1 Å². The zero-order chi connectivity index (χ0) is 14.0. The minimum Gasteiger partial charge on any atom is -0.434 e. The Balaban J connectivity index is 2.32. The van der Waals surface area contributed by atoms with Crippen molar-refractivity contribution in [3.8, 4) is 5.75 Å². The number of alkyl halides is 2. The molecule has 0 spiro atoms. The third-order valence-corrected chi connectivity index (χ3v) is 2.87. The molecule has 0 aromatic heterocycles. The molecule has 1 fully saturated rings. The fourth-order valence-electron chi connectivity index (χ4n) is 1.87. The second-order valence-electron chi connectivity index (χ2n) is 4.07.